The van der Waals surface area contributed by atoms with E-state index in [0.717, 1.165) is 12.0 Å². The summed E-state index contributed by atoms with van der Waals surface area (Å²) in [7, 11) is 0. The summed E-state index contributed by atoms with van der Waals surface area (Å²) < 4.78 is 0. The first-order valence-electron chi connectivity index (χ1n) is 10.9. The number of hydrogen-bond donors (Lipinski definition) is 3. The Kier molecular flexibility index (Phi) is 7.61. The van der Waals surface area contributed by atoms with Crippen molar-refractivity contribution in [3.8, 4) is 0 Å². The molecule has 3 N–H and O–H groups in total. The van der Waals surface area contributed by atoms with Crippen molar-refractivity contribution in [3.63, 3.8) is 0 Å². The molecule has 33 heavy (non-hydrogen) atoms. The van der Waals surface area contributed by atoms with Crippen LogP contribution in [0.25, 0.3) is 0 Å². The Hall–Kier alpha value is -3.51. The van der Waals surface area contributed by atoms with Gasteiger partial charge in [0.15, 0.2) is 5.11 Å². The molecule has 0 heterocycles. The van der Waals surface area contributed by atoms with E-state index in [2.05, 4.69) is 43.6 Å². The molecule has 3 rings (SSSR count). The zero-order valence-corrected chi connectivity index (χ0v) is 20.2. The molecule has 0 saturated carbocycles. The number of hydrogen-bond acceptors (Lipinski definition) is 3. The van der Waals surface area contributed by atoms with Crippen molar-refractivity contribution in [2.24, 2.45) is 0 Å². The van der Waals surface area contributed by atoms with Crippen molar-refractivity contribution in [3.05, 3.63) is 95.1 Å². The van der Waals surface area contributed by atoms with E-state index in [1.807, 2.05) is 36.4 Å². The summed E-state index contributed by atoms with van der Waals surface area (Å²) in [5.74, 6) is -0.440. The maximum absolute atomic E-state index is 12.5. The minimum absolute atomic E-state index is 0.0250. The molecule has 0 aliphatic rings. The first-order chi connectivity index (χ1) is 15.7. The van der Waals surface area contributed by atoms with Crippen LogP contribution in [0.2, 0.25) is 0 Å². The molecular weight excluding hydrogens is 430 g/mol. The highest BCUT2D eigenvalue weighted by Gasteiger charge is 2.15. The second kappa shape index (κ2) is 10.4. The lowest BCUT2D eigenvalue weighted by Crippen LogP contribution is -2.34. The van der Waals surface area contributed by atoms with Crippen molar-refractivity contribution in [2.75, 3.05) is 10.6 Å². The zero-order valence-electron chi connectivity index (χ0n) is 19.4. The number of carbonyl (C=O) groups is 2. The fourth-order valence-corrected chi connectivity index (χ4v) is 3.40. The number of amides is 2. The summed E-state index contributed by atoms with van der Waals surface area (Å²) in [4.78, 5) is 24.9. The third-order valence-corrected chi connectivity index (χ3v) is 5.47. The van der Waals surface area contributed by atoms with Crippen LogP contribution in [-0.4, -0.2) is 16.9 Å². The molecule has 2 amide bonds. The molecule has 170 valence electrons. The number of rotatable bonds is 5. The van der Waals surface area contributed by atoms with Gasteiger partial charge in [-0.1, -0.05) is 52.0 Å². The highest BCUT2D eigenvalue weighted by atomic mass is 32.1. The number of carbonyl (C=O) groups excluding carboxylic acids is 2. The van der Waals surface area contributed by atoms with E-state index in [4.69, 9.17) is 12.2 Å². The average molecular weight is 460 g/mol. The molecule has 0 unspecified atom stereocenters. The van der Waals surface area contributed by atoms with Gasteiger partial charge in [-0.3, -0.25) is 14.9 Å². The Balaban J connectivity index is 1.54. The molecule has 0 radical (unpaired) electrons. The van der Waals surface area contributed by atoms with Crippen molar-refractivity contribution < 1.29 is 9.59 Å². The highest BCUT2D eigenvalue weighted by molar-refractivity contribution is 7.80. The van der Waals surface area contributed by atoms with E-state index in [1.54, 1.807) is 36.4 Å². The predicted octanol–water partition coefficient (Wildman–Crippen LogP) is 5.93. The summed E-state index contributed by atoms with van der Waals surface area (Å²) in [6.45, 7) is 8.45. The average Bonchev–Trinajstić information content (AvgIpc) is 2.79. The van der Waals surface area contributed by atoms with Gasteiger partial charge in [0.05, 0.1) is 0 Å². The maximum atomic E-state index is 12.5. The number of thiocarbonyl (C=S) groups is 1. The Morgan fingerprint density at radius 3 is 1.73 bits per heavy atom. The van der Waals surface area contributed by atoms with Crippen LogP contribution in [0.1, 0.15) is 59.5 Å². The Morgan fingerprint density at radius 1 is 0.727 bits per heavy atom. The van der Waals surface area contributed by atoms with Crippen molar-refractivity contribution in [1.29, 1.82) is 0 Å². The van der Waals surface area contributed by atoms with Crippen LogP contribution in [0.4, 0.5) is 11.4 Å². The van der Waals surface area contributed by atoms with Crippen molar-refractivity contribution >= 4 is 40.5 Å². The van der Waals surface area contributed by atoms with Crippen LogP contribution in [0.15, 0.2) is 72.8 Å². The summed E-state index contributed by atoms with van der Waals surface area (Å²) in [5, 5.41) is 8.76. The predicted molar refractivity (Wildman–Crippen MR) is 139 cm³/mol. The van der Waals surface area contributed by atoms with Gasteiger partial charge < -0.3 is 10.6 Å². The molecular formula is C27H29N3O2S. The Morgan fingerprint density at radius 2 is 1.21 bits per heavy atom. The van der Waals surface area contributed by atoms with E-state index in [9.17, 15) is 9.59 Å². The zero-order chi connectivity index (χ0) is 24.0. The molecule has 0 aromatic heterocycles. The van der Waals surface area contributed by atoms with Gasteiger partial charge in [0.1, 0.15) is 0 Å². The lowest BCUT2D eigenvalue weighted by molar-refractivity contribution is 0.0976. The molecule has 0 fully saturated rings. The first kappa shape index (κ1) is 24.1. The summed E-state index contributed by atoms with van der Waals surface area (Å²) in [6, 6.07) is 22.2. The Bertz CT molecular complexity index is 1130. The van der Waals surface area contributed by atoms with Crippen molar-refractivity contribution in [2.45, 2.75) is 39.5 Å². The topological polar surface area (TPSA) is 70.2 Å². The fourth-order valence-electron chi connectivity index (χ4n) is 3.19. The van der Waals surface area contributed by atoms with Crippen LogP contribution in [0.3, 0.4) is 0 Å². The standard InChI is InChI=1S/C27H29N3O2S/c1-5-18-6-8-19(9-7-18)24(31)28-22-14-16-23(17-15-22)29-26(33)30-25(32)20-10-12-21(13-11-20)27(2,3)4/h6-17H,5H2,1-4H3,(H,28,31)(H2,29,30,32,33). The van der Waals surface area contributed by atoms with E-state index < -0.39 is 0 Å². The minimum atomic E-state index is -0.272. The normalized spacial score (nSPS) is 10.9. The second-order valence-corrected chi connectivity index (χ2v) is 9.23. The smallest absolute Gasteiger partial charge is 0.257 e. The molecule has 3 aromatic rings. The molecule has 0 spiro atoms. The van der Waals surface area contributed by atoms with Crippen LogP contribution in [-0.2, 0) is 11.8 Å². The second-order valence-electron chi connectivity index (χ2n) is 8.82. The number of anilines is 2. The third-order valence-electron chi connectivity index (χ3n) is 5.27. The van der Waals surface area contributed by atoms with Gasteiger partial charge in [0, 0.05) is 22.5 Å². The molecule has 6 heteroatoms. The van der Waals surface area contributed by atoms with E-state index in [0.29, 0.717) is 22.5 Å². The van der Waals surface area contributed by atoms with Gasteiger partial charge in [0.25, 0.3) is 11.8 Å². The van der Waals surface area contributed by atoms with Crippen LogP contribution >= 0.6 is 12.2 Å². The monoisotopic (exact) mass is 459 g/mol. The minimum Gasteiger partial charge on any atom is -0.332 e. The van der Waals surface area contributed by atoms with Crippen LogP contribution in [0, 0.1) is 0 Å². The Labute approximate surface area is 200 Å². The lowest BCUT2D eigenvalue weighted by atomic mass is 9.87. The molecule has 0 atom stereocenters. The fraction of sp³-hybridized carbons (Fsp3) is 0.222. The van der Waals surface area contributed by atoms with E-state index >= 15 is 0 Å². The molecule has 5 nitrogen and oxygen atoms in total. The molecule has 0 aliphatic heterocycles. The number of nitrogens with one attached hydrogen (secondary N) is 3. The summed E-state index contributed by atoms with van der Waals surface area (Å²) in [5.41, 5.74) is 4.88. The van der Waals surface area contributed by atoms with Crippen molar-refractivity contribution in [1.82, 2.24) is 5.32 Å². The maximum Gasteiger partial charge on any atom is 0.257 e. The summed E-state index contributed by atoms with van der Waals surface area (Å²) >= 11 is 5.27. The number of benzene rings is 3. The van der Waals surface area contributed by atoms with Gasteiger partial charge in [-0.2, -0.15) is 0 Å². The van der Waals surface area contributed by atoms with Gasteiger partial charge in [-0.05, 0) is 83.7 Å². The largest absolute Gasteiger partial charge is 0.332 e. The highest BCUT2D eigenvalue weighted by Crippen LogP contribution is 2.22. The summed E-state index contributed by atoms with van der Waals surface area (Å²) in [6.07, 6.45) is 0.933. The molecule has 0 saturated heterocycles. The first-order valence-corrected chi connectivity index (χ1v) is 11.3. The van der Waals surface area contributed by atoms with Crippen LogP contribution < -0.4 is 16.0 Å². The quantitative estimate of drug-likeness (QED) is 0.414. The molecule has 0 bridgehead atoms. The lowest BCUT2D eigenvalue weighted by Gasteiger charge is -2.19. The SMILES string of the molecule is CCc1ccc(C(=O)Nc2ccc(NC(=S)NC(=O)c3ccc(C(C)(C)C)cc3)cc2)cc1. The molecule has 0 aliphatic carbocycles. The van der Waals surface area contributed by atoms with E-state index in [1.165, 1.54) is 5.56 Å². The molecule has 3 aromatic carbocycles. The van der Waals surface area contributed by atoms with Gasteiger partial charge in [-0.25, -0.2) is 0 Å². The number of aryl methyl sites for hydroxylation is 1. The van der Waals surface area contributed by atoms with Gasteiger partial charge >= 0.3 is 0 Å². The van der Waals surface area contributed by atoms with E-state index in [-0.39, 0.29) is 22.3 Å². The van der Waals surface area contributed by atoms with Gasteiger partial charge in [-0.15, -0.1) is 0 Å². The van der Waals surface area contributed by atoms with Crippen LogP contribution in [0.5, 0.6) is 0 Å². The van der Waals surface area contributed by atoms with Gasteiger partial charge in [0.2, 0.25) is 0 Å². The third kappa shape index (κ3) is 6.73.